The summed E-state index contributed by atoms with van der Waals surface area (Å²) in [4.78, 5) is 30.9. The summed E-state index contributed by atoms with van der Waals surface area (Å²) in [6.45, 7) is 2.62. The van der Waals surface area contributed by atoms with Gasteiger partial charge in [-0.15, -0.1) is 0 Å². The number of aromatic nitrogens is 4. The summed E-state index contributed by atoms with van der Waals surface area (Å²) < 4.78 is 17.2. The number of imidazole rings is 1. The molecule has 1 unspecified atom stereocenters. The molecule has 1 aromatic carbocycles. The van der Waals surface area contributed by atoms with Crippen LogP contribution in [0.3, 0.4) is 0 Å². The van der Waals surface area contributed by atoms with Crippen LogP contribution in [0, 0.1) is 12.7 Å². The van der Waals surface area contributed by atoms with Crippen molar-refractivity contribution >= 4 is 17.8 Å². The highest BCUT2D eigenvalue weighted by Crippen LogP contribution is 2.18. The summed E-state index contributed by atoms with van der Waals surface area (Å²) in [5.41, 5.74) is 1.53. The molecule has 4 rings (SSSR count). The van der Waals surface area contributed by atoms with Crippen LogP contribution in [0.4, 0.5) is 10.3 Å². The van der Waals surface area contributed by atoms with Gasteiger partial charge in [0, 0.05) is 32.2 Å². The van der Waals surface area contributed by atoms with Crippen LogP contribution in [0.15, 0.2) is 42.9 Å². The number of anilines is 1. The van der Waals surface area contributed by atoms with Gasteiger partial charge in [-0.05, 0) is 36.6 Å². The highest BCUT2D eigenvalue weighted by molar-refractivity contribution is 6.00. The number of fused-ring (bicyclic) bond motifs is 1. The molecule has 0 saturated carbocycles. The van der Waals surface area contributed by atoms with E-state index in [1.54, 1.807) is 49.4 Å². The van der Waals surface area contributed by atoms with Crippen LogP contribution >= 0.6 is 0 Å². The summed E-state index contributed by atoms with van der Waals surface area (Å²) in [6.07, 6.45) is 5.56. The van der Waals surface area contributed by atoms with E-state index in [-0.39, 0.29) is 17.4 Å². The smallest absolute Gasteiger partial charge is 0.272 e. The topological polar surface area (TPSA) is 85.0 Å². The number of hydrogen-bond acceptors (Lipinski definition) is 4. The molecule has 29 heavy (non-hydrogen) atoms. The first-order valence-electron chi connectivity index (χ1n) is 9.30. The number of halogens is 1. The van der Waals surface area contributed by atoms with Crippen molar-refractivity contribution in [3.63, 3.8) is 0 Å². The molecule has 0 fully saturated rings. The third-order valence-corrected chi connectivity index (χ3v) is 5.04. The zero-order valence-electron chi connectivity index (χ0n) is 16.2. The summed E-state index contributed by atoms with van der Waals surface area (Å²) >= 11 is 0. The average molecular weight is 396 g/mol. The maximum atomic E-state index is 13.7. The number of rotatable bonds is 4. The Bertz CT molecular complexity index is 1070. The Labute approximate surface area is 167 Å². The third kappa shape index (κ3) is 3.75. The zero-order chi connectivity index (χ0) is 20.5. The van der Waals surface area contributed by atoms with E-state index in [1.165, 1.54) is 11.0 Å². The fraction of sp³-hybridized carbons (Fsp3) is 0.300. The van der Waals surface area contributed by atoms with Gasteiger partial charge in [0.05, 0.1) is 6.54 Å². The highest BCUT2D eigenvalue weighted by atomic mass is 19.1. The Morgan fingerprint density at radius 3 is 2.93 bits per heavy atom. The lowest BCUT2D eigenvalue weighted by atomic mass is 10.1. The van der Waals surface area contributed by atoms with Gasteiger partial charge in [0.2, 0.25) is 5.95 Å². The van der Waals surface area contributed by atoms with Gasteiger partial charge >= 0.3 is 0 Å². The molecule has 0 spiro atoms. The Kier molecular flexibility index (Phi) is 4.87. The van der Waals surface area contributed by atoms with Crippen LogP contribution < -0.4 is 10.2 Å². The fourth-order valence-corrected chi connectivity index (χ4v) is 3.36. The van der Waals surface area contributed by atoms with Gasteiger partial charge < -0.3 is 9.88 Å². The van der Waals surface area contributed by atoms with E-state index in [9.17, 15) is 14.0 Å². The molecule has 3 aromatic rings. The second-order valence-corrected chi connectivity index (χ2v) is 7.11. The van der Waals surface area contributed by atoms with Gasteiger partial charge in [-0.25, -0.2) is 9.37 Å². The third-order valence-electron chi connectivity index (χ3n) is 5.04. The Morgan fingerprint density at radius 1 is 1.31 bits per heavy atom. The maximum absolute atomic E-state index is 13.7. The Balaban J connectivity index is 1.43. The first-order chi connectivity index (χ1) is 13.9. The lowest BCUT2D eigenvalue weighted by Gasteiger charge is -2.19. The molecule has 0 aliphatic carbocycles. The van der Waals surface area contributed by atoms with Gasteiger partial charge in [0.25, 0.3) is 11.8 Å². The first kappa shape index (κ1) is 18.9. The van der Waals surface area contributed by atoms with Crippen molar-refractivity contribution < 1.29 is 14.0 Å². The average Bonchev–Trinajstić information content (AvgIpc) is 3.34. The van der Waals surface area contributed by atoms with Gasteiger partial charge in [-0.2, -0.15) is 5.10 Å². The zero-order valence-corrected chi connectivity index (χ0v) is 16.2. The number of amides is 2. The Morgan fingerprint density at radius 2 is 2.14 bits per heavy atom. The number of hydrogen-bond donors (Lipinski definition) is 1. The maximum Gasteiger partial charge on any atom is 0.272 e. The van der Waals surface area contributed by atoms with Crippen LogP contribution in [-0.4, -0.2) is 44.2 Å². The number of nitrogens with zero attached hydrogens (tertiary/aromatic N) is 5. The van der Waals surface area contributed by atoms with Crippen molar-refractivity contribution in [3.05, 3.63) is 65.5 Å². The number of benzene rings is 1. The van der Waals surface area contributed by atoms with Crippen LogP contribution in [0.5, 0.6) is 0 Å². The number of nitrogens with one attached hydrogen (secondary N) is 1. The minimum atomic E-state index is -0.662. The summed E-state index contributed by atoms with van der Waals surface area (Å²) in [5.74, 6) is -0.368. The second kappa shape index (κ2) is 7.50. The number of aryl methyl sites for hydroxylation is 2. The van der Waals surface area contributed by atoms with E-state index in [0.29, 0.717) is 31.0 Å². The van der Waals surface area contributed by atoms with Gasteiger partial charge in [-0.3, -0.25) is 19.2 Å². The largest absolute Gasteiger partial charge is 0.339 e. The molecule has 150 valence electrons. The molecule has 0 saturated heterocycles. The molecule has 1 aliphatic rings. The van der Waals surface area contributed by atoms with E-state index in [1.807, 2.05) is 10.6 Å². The monoisotopic (exact) mass is 396 g/mol. The number of carbonyl (C=O) groups is 2. The molecule has 3 heterocycles. The molecule has 2 aromatic heterocycles. The summed E-state index contributed by atoms with van der Waals surface area (Å²) in [5, 5.41) is 7.03. The van der Waals surface area contributed by atoms with E-state index < -0.39 is 11.9 Å². The molecule has 1 aliphatic heterocycles. The lowest BCUT2D eigenvalue weighted by molar-refractivity contribution is -0.120. The normalized spacial score (nSPS) is 16.4. The number of carbonyl (C=O) groups excluding carboxylic acids is 2. The molecule has 9 heteroatoms. The van der Waals surface area contributed by atoms with Crippen molar-refractivity contribution in [1.29, 1.82) is 0 Å². The van der Waals surface area contributed by atoms with Crippen LogP contribution in [-0.2, 0) is 17.9 Å². The van der Waals surface area contributed by atoms with Crippen molar-refractivity contribution in [3.8, 4) is 0 Å². The van der Waals surface area contributed by atoms with E-state index in [2.05, 4.69) is 15.4 Å². The van der Waals surface area contributed by atoms with Gasteiger partial charge in [-0.1, -0.05) is 12.1 Å². The van der Waals surface area contributed by atoms with Crippen LogP contribution in [0.1, 0.15) is 28.0 Å². The van der Waals surface area contributed by atoms with Crippen molar-refractivity contribution in [2.75, 3.05) is 11.9 Å². The lowest BCUT2D eigenvalue weighted by Crippen LogP contribution is -2.47. The molecule has 0 radical (unpaired) electrons. The SMILES string of the molecule is Cc1ccc(Cn2ccc(C(=O)NC3CCn4ccnc4N(C)C3=O)n2)cc1F. The fourth-order valence-electron chi connectivity index (χ4n) is 3.36. The van der Waals surface area contributed by atoms with E-state index >= 15 is 0 Å². The summed E-state index contributed by atoms with van der Waals surface area (Å²) in [6, 6.07) is 5.91. The van der Waals surface area contributed by atoms with Gasteiger partial charge in [0.1, 0.15) is 17.6 Å². The molecular weight excluding hydrogens is 375 g/mol. The minimum absolute atomic E-state index is 0.204. The predicted molar refractivity (Wildman–Crippen MR) is 104 cm³/mol. The van der Waals surface area contributed by atoms with Crippen molar-refractivity contribution in [1.82, 2.24) is 24.6 Å². The minimum Gasteiger partial charge on any atom is -0.339 e. The molecule has 1 atom stereocenters. The van der Waals surface area contributed by atoms with Gasteiger partial charge in [0.15, 0.2) is 0 Å². The molecule has 1 N–H and O–H groups in total. The van der Waals surface area contributed by atoms with E-state index in [4.69, 9.17) is 0 Å². The quantitative estimate of drug-likeness (QED) is 0.728. The molecule has 2 amide bonds. The second-order valence-electron chi connectivity index (χ2n) is 7.11. The molecule has 0 bridgehead atoms. The van der Waals surface area contributed by atoms with Crippen molar-refractivity contribution in [2.45, 2.75) is 32.5 Å². The van der Waals surface area contributed by atoms with Crippen LogP contribution in [0.25, 0.3) is 0 Å². The molecular formula is C20H21FN6O2. The predicted octanol–water partition coefficient (Wildman–Crippen LogP) is 1.74. The summed E-state index contributed by atoms with van der Waals surface area (Å²) in [7, 11) is 1.64. The standard InChI is InChI=1S/C20H21FN6O2/c1-13-3-4-14(11-15(13)21)12-27-9-6-16(24-27)18(28)23-17-5-8-26-10-7-22-20(26)25(2)19(17)29/h3-4,6-7,9-11,17H,5,8,12H2,1-2H3,(H,23,28). The van der Waals surface area contributed by atoms with Crippen LogP contribution in [0.2, 0.25) is 0 Å². The van der Waals surface area contributed by atoms with Crippen molar-refractivity contribution in [2.24, 2.45) is 0 Å². The van der Waals surface area contributed by atoms with E-state index in [0.717, 1.165) is 5.56 Å². The Hall–Kier alpha value is -3.49. The first-order valence-corrected chi connectivity index (χ1v) is 9.30. The number of likely N-dealkylation sites (N-methyl/N-ethyl adjacent to an activating group) is 1. The molecule has 8 nitrogen and oxygen atoms in total. The highest BCUT2D eigenvalue weighted by Gasteiger charge is 2.30.